The molecule has 2 atom stereocenters. The molecule has 0 unspecified atom stereocenters. The summed E-state index contributed by atoms with van der Waals surface area (Å²) in [5.74, 6) is -1.40. The number of morpholine rings is 1. The van der Waals surface area contributed by atoms with Crippen LogP contribution in [-0.4, -0.2) is 70.3 Å². The second-order valence-electron chi connectivity index (χ2n) is 12.1. The highest BCUT2D eigenvalue weighted by Crippen LogP contribution is 2.43. The third kappa shape index (κ3) is 7.85. The number of hydrogen-bond donors (Lipinski definition) is 4. The predicted octanol–water partition coefficient (Wildman–Crippen LogP) is 6.01. The molecule has 1 saturated heterocycles. The number of aromatic nitrogens is 1. The number of benzene rings is 3. The van der Waals surface area contributed by atoms with Crippen LogP contribution in [0.25, 0.3) is 22.4 Å². The molecule has 2 heterocycles. The summed E-state index contributed by atoms with van der Waals surface area (Å²) in [6.45, 7) is 7.47. The minimum absolute atomic E-state index is 0.0545. The number of anilines is 2. The number of carbonyl (C=O) groups excluding carboxylic acids is 1. The van der Waals surface area contributed by atoms with Gasteiger partial charge in [-0.3, -0.25) is 9.59 Å². The first-order chi connectivity index (χ1) is 22.2. The van der Waals surface area contributed by atoms with Crippen molar-refractivity contribution >= 4 is 23.3 Å². The number of para-hydroxylation sites is 1. The number of ether oxygens (including phenoxy) is 1. The summed E-state index contributed by atoms with van der Waals surface area (Å²) in [4.78, 5) is 27.7. The number of carboxylic acid groups (broad SMARTS) is 1. The second-order valence-corrected chi connectivity index (χ2v) is 12.1. The van der Waals surface area contributed by atoms with Crippen LogP contribution in [0.5, 0.6) is 0 Å². The zero-order valence-corrected chi connectivity index (χ0v) is 26.4. The molecule has 1 aromatic heterocycles. The normalized spacial score (nSPS) is 14.7. The van der Waals surface area contributed by atoms with Gasteiger partial charge in [0.25, 0.3) is 5.91 Å². The molecule has 4 N–H and O–H groups in total. The maximum absolute atomic E-state index is 14.3. The van der Waals surface area contributed by atoms with Gasteiger partial charge in [-0.15, -0.1) is 0 Å². The van der Waals surface area contributed by atoms with Crippen LogP contribution in [-0.2, 0) is 16.1 Å². The molecule has 4 aromatic rings. The molecule has 1 aliphatic heterocycles. The molecule has 5 rings (SSSR count). The molecular weight excluding hydrogens is 582 g/mol. The molecule has 0 saturated carbocycles. The van der Waals surface area contributed by atoms with Gasteiger partial charge in [0.1, 0.15) is 0 Å². The highest BCUT2D eigenvalue weighted by atomic mass is 16.5. The third-order valence-corrected chi connectivity index (χ3v) is 8.33. The summed E-state index contributed by atoms with van der Waals surface area (Å²) in [5.41, 5.74) is 6.67. The first kappa shape index (κ1) is 32.9. The number of nitrogens with one attached hydrogen (secondary N) is 1. The summed E-state index contributed by atoms with van der Waals surface area (Å²) in [5, 5.41) is 33.3. The summed E-state index contributed by atoms with van der Waals surface area (Å²) >= 11 is 0. The number of aliphatic hydroxyl groups is 2. The summed E-state index contributed by atoms with van der Waals surface area (Å²) in [6, 6.07) is 27.6. The average molecular weight is 626 g/mol. The zero-order chi connectivity index (χ0) is 32.6. The number of amides is 1. The van der Waals surface area contributed by atoms with Gasteiger partial charge in [0.15, 0.2) is 0 Å². The lowest BCUT2D eigenvalue weighted by molar-refractivity contribution is -0.139. The quantitative estimate of drug-likeness (QED) is 0.143. The minimum atomic E-state index is -1.15. The minimum Gasteiger partial charge on any atom is -0.481 e. The van der Waals surface area contributed by atoms with Gasteiger partial charge in [-0.05, 0) is 54.2 Å². The van der Waals surface area contributed by atoms with Crippen molar-refractivity contribution in [2.45, 2.75) is 57.8 Å². The fourth-order valence-corrected chi connectivity index (χ4v) is 6.25. The van der Waals surface area contributed by atoms with Gasteiger partial charge in [0.2, 0.25) is 0 Å². The van der Waals surface area contributed by atoms with Gasteiger partial charge in [-0.1, -0.05) is 74.5 Å². The number of carboxylic acids is 1. The Kier molecular flexibility index (Phi) is 10.9. The number of nitrogens with zero attached hydrogens (tertiary/aromatic N) is 2. The molecule has 9 nitrogen and oxygen atoms in total. The molecule has 46 heavy (non-hydrogen) atoms. The van der Waals surface area contributed by atoms with Crippen molar-refractivity contribution in [2.75, 3.05) is 36.5 Å². The molecule has 0 bridgehead atoms. The molecule has 0 spiro atoms. The van der Waals surface area contributed by atoms with Gasteiger partial charge >= 0.3 is 5.97 Å². The molecule has 242 valence electrons. The second kappa shape index (κ2) is 15.2. The predicted molar refractivity (Wildman–Crippen MR) is 180 cm³/mol. The van der Waals surface area contributed by atoms with Crippen molar-refractivity contribution in [1.29, 1.82) is 0 Å². The summed E-state index contributed by atoms with van der Waals surface area (Å²) in [6.07, 6.45) is -2.31. The Hall–Kier alpha value is -4.44. The van der Waals surface area contributed by atoms with Crippen LogP contribution >= 0.6 is 0 Å². The van der Waals surface area contributed by atoms with E-state index in [1.807, 2.05) is 60.7 Å². The van der Waals surface area contributed by atoms with E-state index in [0.717, 1.165) is 46.9 Å². The number of aliphatic carboxylic acids is 1. The van der Waals surface area contributed by atoms with Gasteiger partial charge in [-0.25, -0.2) is 0 Å². The monoisotopic (exact) mass is 625 g/mol. The van der Waals surface area contributed by atoms with Crippen LogP contribution < -0.4 is 10.2 Å². The van der Waals surface area contributed by atoms with Crippen molar-refractivity contribution in [3.05, 3.63) is 96.2 Å². The van der Waals surface area contributed by atoms with Crippen molar-refractivity contribution in [3.8, 4) is 22.4 Å². The molecule has 1 amide bonds. The fraction of sp³-hybridized carbons (Fsp3) is 0.351. The van der Waals surface area contributed by atoms with Crippen molar-refractivity contribution in [3.63, 3.8) is 0 Å². The van der Waals surface area contributed by atoms with Gasteiger partial charge in [0, 0.05) is 42.3 Å². The number of carbonyl (C=O) groups is 2. The largest absolute Gasteiger partial charge is 0.481 e. The van der Waals surface area contributed by atoms with E-state index in [1.165, 1.54) is 0 Å². The Morgan fingerprint density at radius 1 is 0.848 bits per heavy atom. The van der Waals surface area contributed by atoms with Crippen LogP contribution in [0, 0.1) is 0 Å². The third-order valence-electron chi connectivity index (χ3n) is 8.33. The van der Waals surface area contributed by atoms with E-state index >= 15 is 0 Å². The Morgan fingerprint density at radius 2 is 1.48 bits per heavy atom. The fourth-order valence-electron chi connectivity index (χ4n) is 6.25. The summed E-state index contributed by atoms with van der Waals surface area (Å²) < 4.78 is 7.67. The van der Waals surface area contributed by atoms with Crippen LogP contribution in [0.4, 0.5) is 11.4 Å². The smallest absolute Gasteiger partial charge is 0.305 e. The van der Waals surface area contributed by atoms with Crippen LogP contribution in [0.1, 0.15) is 55.1 Å². The number of rotatable bonds is 13. The Labute approximate surface area is 270 Å². The van der Waals surface area contributed by atoms with Gasteiger partial charge < -0.3 is 34.8 Å². The molecule has 9 heteroatoms. The first-order valence-electron chi connectivity index (χ1n) is 15.9. The van der Waals surface area contributed by atoms with Crippen molar-refractivity contribution in [2.24, 2.45) is 0 Å². The van der Waals surface area contributed by atoms with E-state index in [2.05, 4.69) is 52.9 Å². The van der Waals surface area contributed by atoms with Crippen molar-refractivity contribution < 1.29 is 29.6 Å². The van der Waals surface area contributed by atoms with E-state index in [-0.39, 0.29) is 24.7 Å². The van der Waals surface area contributed by atoms with E-state index in [0.29, 0.717) is 31.0 Å². The van der Waals surface area contributed by atoms with Crippen LogP contribution in [0.3, 0.4) is 0 Å². The Balaban J connectivity index is 1.65. The van der Waals surface area contributed by atoms with E-state index in [9.17, 15) is 19.8 Å². The lowest BCUT2D eigenvalue weighted by Crippen LogP contribution is -2.36. The number of aliphatic hydroxyl groups excluding tert-OH is 2. The lowest BCUT2D eigenvalue weighted by atomic mass is 9.94. The zero-order valence-electron chi connectivity index (χ0n) is 26.4. The highest BCUT2D eigenvalue weighted by Gasteiger charge is 2.31. The topological polar surface area (TPSA) is 124 Å². The van der Waals surface area contributed by atoms with Crippen LogP contribution in [0.15, 0.2) is 84.9 Å². The molecular formula is C37H43N3O6. The molecule has 3 aromatic carbocycles. The maximum atomic E-state index is 14.3. The van der Waals surface area contributed by atoms with Gasteiger partial charge in [-0.2, -0.15) is 0 Å². The van der Waals surface area contributed by atoms with Gasteiger partial charge in [0.05, 0.1) is 43.1 Å². The SMILES string of the molecule is CC(C)c1c(C(=O)Nc2ccccc2)c(-c2ccccc2)c(-c2ccc(N3CCOCC3)cc2)n1CC[C@@H](O)C[C@@H](O)CC(=O)O. The standard InChI is InChI=1S/C37H43N3O6/c1-25(2)35-34(37(45)38-28-11-7-4-8-12-28)33(26-9-5-3-6-10-26)36(40(35)18-17-30(41)23-31(42)24-32(43)44)27-13-15-29(16-14-27)39-19-21-46-22-20-39/h3-16,25,30-31,41-42H,17-24H2,1-2H3,(H,38,45)(H,43,44)/t30-,31-/m1/s1. The van der Waals surface area contributed by atoms with E-state index in [4.69, 9.17) is 9.84 Å². The van der Waals surface area contributed by atoms with Crippen molar-refractivity contribution in [1.82, 2.24) is 4.57 Å². The van der Waals surface area contributed by atoms with E-state index in [1.54, 1.807) is 0 Å². The lowest BCUT2D eigenvalue weighted by Gasteiger charge is -2.29. The maximum Gasteiger partial charge on any atom is 0.305 e. The van der Waals surface area contributed by atoms with E-state index < -0.39 is 24.6 Å². The molecule has 1 aliphatic rings. The number of hydrogen-bond acceptors (Lipinski definition) is 6. The Bertz CT molecular complexity index is 1600. The summed E-state index contributed by atoms with van der Waals surface area (Å²) in [7, 11) is 0. The average Bonchev–Trinajstić information content (AvgIpc) is 3.40. The first-order valence-corrected chi connectivity index (χ1v) is 15.9. The molecule has 0 radical (unpaired) electrons. The van der Waals surface area contributed by atoms with Crippen LogP contribution in [0.2, 0.25) is 0 Å². The highest BCUT2D eigenvalue weighted by molar-refractivity contribution is 6.12. The molecule has 0 aliphatic carbocycles. The Morgan fingerprint density at radius 3 is 2.09 bits per heavy atom. The molecule has 1 fully saturated rings.